The number of carbonyl (C=O) groups excluding carboxylic acids is 1. The maximum Gasteiger partial charge on any atom is 0.326 e. The van der Waals surface area contributed by atoms with Crippen LogP contribution in [-0.2, 0) is 11.3 Å². The van der Waals surface area contributed by atoms with Gasteiger partial charge >= 0.3 is 12.0 Å². The largest absolute Gasteiger partial charge is 0.480 e. The third-order valence-electron chi connectivity index (χ3n) is 2.82. The third kappa shape index (κ3) is 5.26. The Labute approximate surface area is 118 Å². The Kier molecular flexibility index (Phi) is 5.96. The molecule has 6 heteroatoms. The van der Waals surface area contributed by atoms with Gasteiger partial charge in [-0.1, -0.05) is 13.8 Å². The molecule has 1 rings (SSSR count). The van der Waals surface area contributed by atoms with E-state index in [-0.39, 0.29) is 5.92 Å². The van der Waals surface area contributed by atoms with Crippen LogP contribution in [0.15, 0.2) is 24.5 Å². The Bertz CT molecular complexity index is 448. The zero-order valence-electron chi connectivity index (χ0n) is 12.0. The van der Waals surface area contributed by atoms with Gasteiger partial charge in [0.2, 0.25) is 0 Å². The van der Waals surface area contributed by atoms with Gasteiger partial charge in [-0.05, 0) is 30.0 Å². The summed E-state index contributed by atoms with van der Waals surface area (Å²) in [6.45, 7) is 4.24. The molecule has 1 unspecified atom stereocenters. The van der Waals surface area contributed by atoms with Gasteiger partial charge in [-0.3, -0.25) is 4.98 Å². The lowest BCUT2D eigenvalue weighted by molar-refractivity contribution is -0.139. The fourth-order valence-electron chi connectivity index (χ4n) is 1.79. The summed E-state index contributed by atoms with van der Waals surface area (Å²) in [4.78, 5) is 28.4. The van der Waals surface area contributed by atoms with Crippen molar-refractivity contribution >= 4 is 12.0 Å². The van der Waals surface area contributed by atoms with Crippen molar-refractivity contribution in [3.05, 3.63) is 30.1 Å². The molecule has 0 bridgehead atoms. The molecule has 1 atom stereocenters. The van der Waals surface area contributed by atoms with Crippen LogP contribution in [0.25, 0.3) is 0 Å². The molecule has 0 aromatic carbocycles. The average molecular weight is 279 g/mol. The molecule has 20 heavy (non-hydrogen) atoms. The molecule has 6 nitrogen and oxygen atoms in total. The van der Waals surface area contributed by atoms with Crippen molar-refractivity contribution in [3.63, 3.8) is 0 Å². The minimum atomic E-state index is -1.01. The number of nitrogens with zero attached hydrogens (tertiary/aromatic N) is 2. The lowest BCUT2D eigenvalue weighted by atomic mass is 10.0. The minimum absolute atomic E-state index is 0.196. The van der Waals surface area contributed by atoms with E-state index >= 15 is 0 Å². The Balaban J connectivity index is 2.57. The zero-order valence-corrected chi connectivity index (χ0v) is 12.0. The van der Waals surface area contributed by atoms with Crippen LogP contribution in [0.5, 0.6) is 0 Å². The van der Waals surface area contributed by atoms with Crippen LogP contribution in [0, 0.1) is 5.92 Å². The molecule has 0 radical (unpaired) electrons. The Morgan fingerprint density at radius 1 is 1.35 bits per heavy atom. The van der Waals surface area contributed by atoms with E-state index in [9.17, 15) is 9.59 Å². The summed E-state index contributed by atoms with van der Waals surface area (Å²) in [7, 11) is 1.63. The van der Waals surface area contributed by atoms with E-state index in [1.165, 1.54) is 4.90 Å². The van der Waals surface area contributed by atoms with Crippen LogP contribution >= 0.6 is 0 Å². The Morgan fingerprint density at radius 3 is 2.45 bits per heavy atom. The normalized spacial score (nSPS) is 12.0. The van der Waals surface area contributed by atoms with Gasteiger partial charge in [0.15, 0.2) is 0 Å². The van der Waals surface area contributed by atoms with E-state index in [1.54, 1.807) is 19.4 Å². The molecule has 0 spiro atoms. The minimum Gasteiger partial charge on any atom is -0.480 e. The van der Waals surface area contributed by atoms with Crippen molar-refractivity contribution in [2.45, 2.75) is 32.9 Å². The predicted octanol–water partition coefficient (Wildman–Crippen LogP) is 1.72. The van der Waals surface area contributed by atoms with Gasteiger partial charge in [0.25, 0.3) is 0 Å². The van der Waals surface area contributed by atoms with Gasteiger partial charge in [0.1, 0.15) is 6.04 Å². The number of hydrogen-bond acceptors (Lipinski definition) is 3. The highest BCUT2D eigenvalue weighted by Gasteiger charge is 2.22. The predicted molar refractivity (Wildman–Crippen MR) is 75.1 cm³/mol. The fraction of sp³-hybridized carbons (Fsp3) is 0.500. The van der Waals surface area contributed by atoms with E-state index in [2.05, 4.69) is 10.3 Å². The fourth-order valence-corrected chi connectivity index (χ4v) is 1.79. The molecule has 0 saturated carbocycles. The van der Waals surface area contributed by atoms with Crippen molar-refractivity contribution < 1.29 is 14.7 Å². The summed E-state index contributed by atoms with van der Waals surface area (Å²) in [6, 6.07) is 2.37. The van der Waals surface area contributed by atoms with E-state index in [0.29, 0.717) is 13.0 Å². The van der Waals surface area contributed by atoms with Gasteiger partial charge < -0.3 is 15.3 Å². The summed E-state index contributed by atoms with van der Waals surface area (Å²) in [5.41, 5.74) is 0.938. The van der Waals surface area contributed by atoms with Crippen molar-refractivity contribution in [2.75, 3.05) is 7.05 Å². The number of pyridine rings is 1. The van der Waals surface area contributed by atoms with Crippen molar-refractivity contribution in [1.29, 1.82) is 0 Å². The van der Waals surface area contributed by atoms with E-state index < -0.39 is 18.0 Å². The number of hydrogen-bond donors (Lipinski definition) is 2. The van der Waals surface area contributed by atoms with Gasteiger partial charge in [-0.25, -0.2) is 9.59 Å². The second kappa shape index (κ2) is 7.47. The zero-order chi connectivity index (χ0) is 15.1. The summed E-state index contributed by atoms with van der Waals surface area (Å²) < 4.78 is 0. The van der Waals surface area contributed by atoms with Crippen molar-refractivity contribution in [2.24, 2.45) is 5.92 Å². The number of carboxylic acids is 1. The quantitative estimate of drug-likeness (QED) is 0.830. The van der Waals surface area contributed by atoms with Crippen LogP contribution in [0.1, 0.15) is 25.8 Å². The highest BCUT2D eigenvalue weighted by molar-refractivity contribution is 5.82. The number of nitrogens with one attached hydrogen (secondary N) is 1. The van der Waals surface area contributed by atoms with Gasteiger partial charge in [0.05, 0.1) is 0 Å². The van der Waals surface area contributed by atoms with E-state index in [0.717, 1.165) is 5.56 Å². The third-order valence-corrected chi connectivity index (χ3v) is 2.82. The second-order valence-electron chi connectivity index (χ2n) is 5.18. The number of carboxylic acid groups (broad SMARTS) is 1. The molecular formula is C14H21N3O3. The summed E-state index contributed by atoms with van der Waals surface area (Å²) >= 11 is 0. The monoisotopic (exact) mass is 279 g/mol. The molecule has 0 aliphatic heterocycles. The lowest BCUT2D eigenvalue weighted by Crippen LogP contribution is -2.46. The molecular weight excluding hydrogens is 258 g/mol. The summed E-state index contributed by atoms with van der Waals surface area (Å²) in [6.07, 6.45) is 3.71. The first-order valence-corrected chi connectivity index (χ1v) is 6.53. The molecule has 2 amide bonds. The first-order valence-electron chi connectivity index (χ1n) is 6.53. The van der Waals surface area contributed by atoms with Gasteiger partial charge in [-0.15, -0.1) is 0 Å². The molecule has 1 aromatic heterocycles. The maximum atomic E-state index is 12.0. The lowest BCUT2D eigenvalue weighted by Gasteiger charge is -2.22. The number of urea groups is 1. The van der Waals surface area contributed by atoms with Crippen LogP contribution in [-0.4, -0.2) is 40.1 Å². The molecule has 0 fully saturated rings. The number of carbonyl (C=O) groups is 2. The van der Waals surface area contributed by atoms with Crippen LogP contribution < -0.4 is 5.32 Å². The van der Waals surface area contributed by atoms with Crippen molar-refractivity contribution in [1.82, 2.24) is 15.2 Å². The molecule has 2 N–H and O–H groups in total. The molecule has 0 aliphatic rings. The molecule has 0 saturated heterocycles. The van der Waals surface area contributed by atoms with Crippen LogP contribution in [0.4, 0.5) is 4.79 Å². The maximum absolute atomic E-state index is 12.0. The molecule has 1 aromatic rings. The molecule has 110 valence electrons. The van der Waals surface area contributed by atoms with Gasteiger partial charge in [0, 0.05) is 26.0 Å². The topological polar surface area (TPSA) is 82.5 Å². The SMILES string of the molecule is CC(C)CC(NC(=O)N(C)Cc1ccncc1)C(=O)O. The highest BCUT2D eigenvalue weighted by Crippen LogP contribution is 2.06. The number of aliphatic carboxylic acids is 1. The molecule has 0 aliphatic carbocycles. The number of rotatable bonds is 6. The van der Waals surface area contributed by atoms with Crippen LogP contribution in [0.3, 0.4) is 0 Å². The van der Waals surface area contributed by atoms with E-state index in [4.69, 9.17) is 5.11 Å². The van der Waals surface area contributed by atoms with Crippen LogP contribution in [0.2, 0.25) is 0 Å². The average Bonchev–Trinajstić information content (AvgIpc) is 2.38. The smallest absolute Gasteiger partial charge is 0.326 e. The van der Waals surface area contributed by atoms with Crippen molar-refractivity contribution in [3.8, 4) is 0 Å². The summed E-state index contributed by atoms with van der Waals surface area (Å²) in [5.74, 6) is -0.814. The van der Waals surface area contributed by atoms with Gasteiger partial charge in [-0.2, -0.15) is 0 Å². The summed E-state index contributed by atoms with van der Waals surface area (Å²) in [5, 5.41) is 11.6. The first kappa shape index (κ1) is 15.9. The second-order valence-corrected chi connectivity index (χ2v) is 5.18. The Morgan fingerprint density at radius 2 is 1.95 bits per heavy atom. The standard InChI is InChI=1S/C14H21N3O3/c1-10(2)8-12(13(18)19)16-14(20)17(3)9-11-4-6-15-7-5-11/h4-7,10,12H,8-9H2,1-3H3,(H,16,20)(H,18,19). The van der Waals surface area contributed by atoms with E-state index in [1.807, 2.05) is 26.0 Å². The molecule has 1 heterocycles. The Hall–Kier alpha value is -2.11. The highest BCUT2D eigenvalue weighted by atomic mass is 16.4. The number of amides is 2. The number of aromatic nitrogens is 1. The first-order chi connectivity index (χ1) is 9.40.